The normalized spacial score (nSPS) is 10.9. The third-order valence-electron chi connectivity index (χ3n) is 4.49. The molecule has 0 aliphatic heterocycles. The molecule has 0 spiro atoms. The first kappa shape index (κ1) is 19.5. The number of carbonyl (C=O) groups excluding carboxylic acids is 1. The highest BCUT2D eigenvalue weighted by atomic mass is 16.7. The van der Waals surface area contributed by atoms with Gasteiger partial charge in [0.25, 0.3) is 0 Å². The zero-order valence-corrected chi connectivity index (χ0v) is 15.8. The summed E-state index contributed by atoms with van der Waals surface area (Å²) < 4.78 is 1.31. The number of carboxylic acid groups (broad SMARTS) is 1. The second kappa shape index (κ2) is 9.12. The van der Waals surface area contributed by atoms with Gasteiger partial charge < -0.3 is 9.94 Å². The maximum Gasteiger partial charge on any atom is 0.336 e. The van der Waals surface area contributed by atoms with Gasteiger partial charge in [0.1, 0.15) is 11.8 Å². The lowest BCUT2D eigenvalue weighted by Crippen LogP contribution is -2.18. The minimum absolute atomic E-state index is 0.170. The fraction of sp³-hybridized carbons (Fsp3) is 0.333. The minimum atomic E-state index is -1.02. The molecule has 2 aromatic heterocycles. The van der Waals surface area contributed by atoms with Crippen molar-refractivity contribution in [3.8, 4) is 11.3 Å². The number of rotatable bonds is 9. The molecule has 3 rings (SSSR count). The fourth-order valence-corrected chi connectivity index (χ4v) is 3.02. The number of hydrogen-bond donors (Lipinski definition) is 1. The first-order chi connectivity index (χ1) is 13.6. The van der Waals surface area contributed by atoms with E-state index in [-0.39, 0.29) is 11.5 Å². The Hall–Kier alpha value is -3.22. The number of hydrogen-bond acceptors (Lipinski definition) is 5. The Morgan fingerprint density at radius 1 is 1.07 bits per heavy atom. The SMILES string of the molecule is CCCCCCCC(=O)On1cnc2nc(-c3ccccc3C(=O)O)ccc21. The summed E-state index contributed by atoms with van der Waals surface area (Å²) in [6.45, 7) is 2.15. The second-order valence-electron chi connectivity index (χ2n) is 6.59. The van der Waals surface area contributed by atoms with E-state index in [2.05, 4.69) is 16.9 Å². The third-order valence-corrected chi connectivity index (χ3v) is 4.49. The van der Waals surface area contributed by atoms with Crippen molar-refractivity contribution in [2.45, 2.75) is 45.4 Å². The van der Waals surface area contributed by atoms with Crippen LogP contribution in [-0.4, -0.2) is 31.7 Å². The molecule has 3 aromatic rings. The molecular weight excluding hydrogens is 358 g/mol. The summed E-state index contributed by atoms with van der Waals surface area (Å²) in [6.07, 6.45) is 7.06. The number of carboxylic acids is 1. The Morgan fingerprint density at radius 2 is 1.86 bits per heavy atom. The van der Waals surface area contributed by atoms with E-state index in [4.69, 9.17) is 4.84 Å². The van der Waals surface area contributed by atoms with E-state index < -0.39 is 5.97 Å². The predicted octanol–water partition coefficient (Wildman–Crippen LogP) is 4.11. The summed E-state index contributed by atoms with van der Waals surface area (Å²) in [5.41, 5.74) is 2.11. The number of fused-ring (bicyclic) bond motifs is 1. The monoisotopic (exact) mass is 381 g/mol. The third kappa shape index (κ3) is 4.54. The lowest BCUT2D eigenvalue weighted by Gasteiger charge is -2.07. The molecule has 146 valence electrons. The summed E-state index contributed by atoms with van der Waals surface area (Å²) in [6, 6.07) is 10.1. The quantitative estimate of drug-likeness (QED) is 0.561. The standard InChI is InChI=1S/C21H23N3O4/c1-2-3-4-5-6-11-19(25)28-24-14-22-20-18(24)13-12-17(23-20)15-9-7-8-10-16(15)21(26)27/h7-10,12-14H,2-6,11H2,1H3,(H,26,27). The van der Waals surface area contributed by atoms with E-state index in [0.29, 0.717) is 28.8 Å². The van der Waals surface area contributed by atoms with Crippen LogP contribution >= 0.6 is 0 Å². The summed E-state index contributed by atoms with van der Waals surface area (Å²) >= 11 is 0. The van der Waals surface area contributed by atoms with Crippen molar-refractivity contribution < 1.29 is 19.5 Å². The Morgan fingerprint density at radius 3 is 2.64 bits per heavy atom. The van der Waals surface area contributed by atoms with E-state index in [1.807, 2.05) is 0 Å². The molecular formula is C21H23N3O4. The van der Waals surface area contributed by atoms with Crippen molar-refractivity contribution in [2.75, 3.05) is 0 Å². The highest BCUT2D eigenvalue weighted by molar-refractivity contribution is 5.95. The number of imidazole rings is 1. The van der Waals surface area contributed by atoms with Crippen LogP contribution < -0.4 is 4.84 Å². The summed E-state index contributed by atoms with van der Waals surface area (Å²) in [4.78, 5) is 37.4. The molecule has 0 atom stereocenters. The number of aromatic carboxylic acids is 1. The van der Waals surface area contributed by atoms with Crippen LogP contribution in [0.3, 0.4) is 0 Å². The molecule has 0 aliphatic rings. The van der Waals surface area contributed by atoms with Crippen LogP contribution in [-0.2, 0) is 4.79 Å². The molecule has 2 heterocycles. The van der Waals surface area contributed by atoms with E-state index >= 15 is 0 Å². The average Bonchev–Trinajstić information content (AvgIpc) is 3.09. The lowest BCUT2D eigenvalue weighted by molar-refractivity contribution is -0.143. The van der Waals surface area contributed by atoms with Crippen molar-refractivity contribution in [3.63, 3.8) is 0 Å². The van der Waals surface area contributed by atoms with Gasteiger partial charge in [-0.15, -0.1) is 0 Å². The van der Waals surface area contributed by atoms with Crippen molar-refractivity contribution in [2.24, 2.45) is 0 Å². The lowest BCUT2D eigenvalue weighted by atomic mass is 10.0. The molecule has 7 nitrogen and oxygen atoms in total. The van der Waals surface area contributed by atoms with Gasteiger partial charge in [-0.25, -0.2) is 19.6 Å². The number of benzene rings is 1. The molecule has 7 heteroatoms. The number of carbonyl (C=O) groups is 2. The van der Waals surface area contributed by atoms with Crippen molar-refractivity contribution in [1.82, 2.24) is 14.7 Å². The van der Waals surface area contributed by atoms with E-state index in [1.54, 1.807) is 30.3 Å². The van der Waals surface area contributed by atoms with Gasteiger partial charge in [-0.05, 0) is 24.6 Å². The highest BCUT2D eigenvalue weighted by Crippen LogP contribution is 2.24. The van der Waals surface area contributed by atoms with Gasteiger partial charge in [0.2, 0.25) is 0 Å². The summed E-state index contributed by atoms with van der Waals surface area (Å²) in [5.74, 6) is -1.33. The molecule has 0 bridgehead atoms. The Balaban J connectivity index is 1.73. The molecule has 0 aliphatic carbocycles. The fourth-order valence-electron chi connectivity index (χ4n) is 3.02. The maximum absolute atomic E-state index is 12.0. The zero-order valence-electron chi connectivity index (χ0n) is 15.8. The summed E-state index contributed by atoms with van der Waals surface area (Å²) in [7, 11) is 0. The molecule has 1 N–H and O–H groups in total. The number of pyridine rings is 1. The van der Waals surface area contributed by atoms with Gasteiger partial charge >= 0.3 is 11.9 Å². The highest BCUT2D eigenvalue weighted by Gasteiger charge is 2.15. The van der Waals surface area contributed by atoms with Crippen LogP contribution in [0.2, 0.25) is 0 Å². The van der Waals surface area contributed by atoms with Crippen LogP contribution in [0.1, 0.15) is 55.8 Å². The van der Waals surface area contributed by atoms with Gasteiger partial charge in [0.15, 0.2) is 5.65 Å². The zero-order chi connectivity index (χ0) is 19.9. The molecule has 0 radical (unpaired) electrons. The number of aromatic nitrogens is 3. The van der Waals surface area contributed by atoms with Crippen molar-refractivity contribution >= 4 is 23.1 Å². The van der Waals surface area contributed by atoms with Crippen LogP contribution in [0.4, 0.5) is 0 Å². The average molecular weight is 381 g/mol. The van der Waals surface area contributed by atoms with Crippen LogP contribution in [0.5, 0.6) is 0 Å². The van der Waals surface area contributed by atoms with Gasteiger partial charge in [-0.3, -0.25) is 0 Å². The molecule has 0 amide bonds. The molecule has 28 heavy (non-hydrogen) atoms. The van der Waals surface area contributed by atoms with Crippen LogP contribution in [0.25, 0.3) is 22.4 Å². The molecule has 0 saturated carbocycles. The predicted molar refractivity (Wildman–Crippen MR) is 105 cm³/mol. The molecule has 0 fully saturated rings. The molecule has 0 unspecified atom stereocenters. The van der Waals surface area contributed by atoms with Crippen LogP contribution in [0.15, 0.2) is 42.7 Å². The molecule has 1 aromatic carbocycles. The summed E-state index contributed by atoms with van der Waals surface area (Å²) in [5, 5.41) is 9.36. The minimum Gasteiger partial charge on any atom is -0.478 e. The first-order valence-corrected chi connectivity index (χ1v) is 9.48. The number of nitrogens with zero attached hydrogens (tertiary/aromatic N) is 3. The van der Waals surface area contributed by atoms with E-state index in [1.165, 1.54) is 23.5 Å². The Labute approximate surface area is 162 Å². The molecule has 0 saturated heterocycles. The van der Waals surface area contributed by atoms with Gasteiger partial charge in [-0.2, -0.15) is 4.73 Å². The van der Waals surface area contributed by atoms with Crippen LogP contribution in [0, 0.1) is 0 Å². The smallest absolute Gasteiger partial charge is 0.336 e. The number of unbranched alkanes of at least 4 members (excludes halogenated alkanes) is 4. The maximum atomic E-state index is 12.0. The first-order valence-electron chi connectivity index (χ1n) is 9.48. The van der Waals surface area contributed by atoms with Crippen molar-refractivity contribution in [3.05, 3.63) is 48.3 Å². The van der Waals surface area contributed by atoms with Gasteiger partial charge in [-0.1, -0.05) is 50.8 Å². The van der Waals surface area contributed by atoms with Gasteiger partial charge in [0.05, 0.1) is 11.3 Å². The van der Waals surface area contributed by atoms with E-state index in [9.17, 15) is 14.7 Å². The Bertz CT molecular complexity index is 981. The second-order valence-corrected chi connectivity index (χ2v) is 6.59. The van der Waals surface area contributed by atoms with Crippen molar-refractivity contribution in [1.29, 1.82) is 0 Å². The topological polar surface area (TPSA) is 94.3 Å². The van der Waals surface area contributed by atoms with Gasteiger partial charge in [0, 0.05) is 12.0 Å². The Kier molecular flexibility index (Phi) is 6.37. The largest absolute Gasteiger partial charge is 0.478 e. The van der Waals surface area contributed by atoms with E-state index in [0.717, 1.165) is 25.7 Å².